The van der Waals surface area contributed by atoms with Gasteiger partial charge in [0.1, 0.15) is 16.5 Å². The highest BCUT2D eigenvalue weighted by Crippen LogP contribution is 2.29. The summed E-state index contributed by atoms with van der Waals surface area (Å²) in [6.07, 6.45) is 0.787. The van der Waals surface area contributed by atoms with Crippen molar-refractivity contribution < 1.29 is 23.8 Å². The molecule has 3 N–H and O–H groups in total. The number of carbonyl (C=O) groups is 1. The van der Waals surface area contributed by atoms with E-state index >= 15 is 0 Å². The number of methoxy groups -OCH3 is 2. The minimum atomic E-state index is -0.920. The van der Waals surface area contributed by atoms with E-state index in [0.29, 0.717) is 11.4 Å². The third-order valence-electron chi connectivity index (χ3n) is 3.42. The number of hydrogen-bond donors (Lipinski definition) is 2. The molecule has 27 heavy (non-hydrogen) atoms. The first-order chi connectivity index (χ1) is 12.9. The molecule has 2 rings (SSSR count). The maximum absolute atomic E-state index is 14.7. The second-order valence-electron chi connectivity index (χ2n) is 5.15. The van der Waals surface area contributed by atoms with E-state index < -0.39 is 17.7 Å². The Bertz CT molecular complexity index is 898. The molecule has 0 aliphatic carbocycles. The number of hydrogen-bond acceptors (Lipinski definition) is 7. The fourth-order valence-electron chi connectivity index (χ4n) is 2.10. The molecule has 0 aliphatic heterocycles. The van der Waals surface area contributed by atoms with E-state index in [1.165, 1.54) is 20.3 Å². The maximum atomic E-state index is 14.7. The molecule has 9 heteroatoms. The Morgan fingerprint density at radius 2 is 1.89 bits per heavy atom. The molecule has 2 aromatic rings. The van der Waals surface area contributed by atoms with Gasteiger partial charge in [-0.05, 0) is 36.6 Å². The third kappa shape index (κ3) is 4.98. The van der Waals surface area contributed by atoms with Gasteiger partial charge in [0.25, 0.3) is 0 Å². The largest absolute Gasteiger partial charge is 0.505 e. The van der Waals surface area contributed by atoms with Crippen molar-refractivity contribution in [3.05, 3.63) is 47.8 Å². The van der Waals surface area contributed by atoms with Crippen LogP contribution in [0, 0.1) is 5.82 Å². The van der Waals surface area contributed by atoms with Gasteiger partial charge in [0.15, 0.2) is 11.6 Å². The molecule has 142 valence electrons. The number of benzene rings is 2. The van der Waals surface area contributed by atoms with Crippen LogP contribution >= 0.6 is 11.8 Å². The highest BCUT2D eigenvalue weighted by molar-refractivity contribution is 8.15. The monoisotopic (exact) mass is 391 g/mol. The lowest BCUT2D eigenvalue weighted by atomic mass is 10.1. The highest BCUT2D eigenvalue weighted by atomic mass is 32.2. The van der Waals surface area contributed by atoms with Gasteiger partial charge in [-0.1, -0.05) is 0 Å². The number of aliphatic imine (C=N–C) groups is 2. The molecule has 0 unspecified atom stereocenters. The summed E-state index contributed by atoms with van der Waals surface area (Å²) < 4.78 is 24.3. The Labute approximate surface area is 159 Å². The van der Waals surface area contributed by atoms with Gasteiger partial charge in [-0.2, -0.15) is 4.99 Å². The number of anilines is 1. The Morgan fingerprint density at radius 3 is 2.44 bits per heavy atom. The SMILES string of the molecule is COC(=O)/N=C(SC)/C(=N/c1ccc(N)cc1)c1cc(OC)cc(O)c1F. The number of aromatic hydroxyl groups is 1. The van der Waals surface area contributed by atoms with E-state index in [0.717, 1.165) is 17.8 Å². The third-order valence-corrected chi connectivity index (χ3v) is 4.09. The first-order valence-corrected chi connectivity index (χ1v) is 8.84. The van der Waals surface area contributed by atoms with Crippen LogP contribution in [0.4, 0.5) is 20.6 Å². The first-order valence-electron chi connectivity index (χ1n) is 7.61. The van der Waals surface area contributed by atoms with E-state index in [-0.39, 0.29) is 22.1 Å². The second kappa shape index (κ2) is 9.04. The molecule has 0 spiro atoms. The van der Waals surface area contributed by atoms with E-state index in [1.807, 2.05) is 0 Å². The fraction of sp³-hybridized carbons (Fsp3) is 0.167. The maximum Gasteiger partial charge on any atom is 0.434 e. The van der Waals surface area contributed by atoms with Crippen molar-refractivity contribution in [3.63, 3.8) is 0 Å². The summed E-state index contributed by atoms with van der Waals surface area (Å²) in [5.74, 6) is -1.32. The fourth-order valence-corrected chi connectivity index (χ4v) is 2.61. The number of phenolic OH excluding ortho intramolecular Hbond substituents is 1. The molecule has 0 aliphatic rings. The molecule has 0 saturated heterocycles. The summed E-state index contributed by atoms with van der Waals surface area (Å²) in [5.41, 5.74) is 6.61. The van der Waals surface area contributed by atoms with Crippen LogP contribution in [0.2, 0.25) is 0 Å². The van der Waals surface area contributed by atoms with Crippen molar-refractivity contribution in [1.82, 2.24) is 0 Å². The average Bonchev–Trinajstić information content (AvgIpc) is 2.68. The number of ether oxygens (including phenoxy) is 2. The first kappa shape index (κ1) is 20.2. The van der Waals surface area contributed by atoms with Crippen molar-refractivity contribution in [2.45, 2.75) is 0 Å². The smallest absolute Gasteiger partial charge is 0.434 e. The Kier molecular flexibility index (Phi) is 6.78. The van der Waals surface area contributed by atoms with Gasteiger partial charge in [-0.25, -0.2) is 14.2 Å². The van der Waals surface area contributed by atoms with Crippen molar-refractivity contribution in [2.24, 2.45) is 9.98 Å². The lowest BCUT2D eigenvalue weighted by molar-refractivity contribution is 0.183. The topological polar surface area (TPSA) is 106 Å². The van der Waals surface area contributed by atoms with Crippen LogP contribution < -0.4 is 10.5 Å². The van der Waals surface area contributed by atoms with Gasteiger partial charge in [0.05, 0.1) is 19.9 Å². The summed E-state index contributed by atoms with van der Waals surface area (Å²) in [7, 11) is 2.56. The van der Waals surface area contributed by atoms with Crippen LogP contribution in [0.1, 0.15) is 5.56 Å². The van der Waals surface area contributed by atoms with Crippen LogP contribution in [0.25, 0.3) is 0 Å². The normalized spacial score (nSPS) is 12.0. The number of halogens is 1. The predicted octanol–water partition coefficient (Wildman–Crippen LogP) is 3.77. The Hall–Kier alpha value is -3.07. The minimum absolute atomic E-state index is 0.0318. The lowest BCUT2D eigenvalue weighted by Crippen LogP contribution is -2.16. The van der Waals surface area contributed by atoms with Crippen molar-refractivity contribution in [2.75, 3.05) is 26.2 Å². The van der Waals surface area contributed by atoms with Crippen molar-refractivity contribution >= 4 is 40.0 Å². The molecule has 1 amide bonds. The van der Waals surface area contributed by atoms with Crippen LogP contribution in [-0.4, -0.2) is 42.4 Å². The lowest BCUT2D eigenvalue weighted by Gasteiger charge is -2.12. The number of thioether (sulfide) groups is 1. The van der Waals surface area contributed by atoms with Gasteiger partial charge in [0.2, 0.25) is 0 Å². The molecule has 0 saturated carbocycles. The molecular formula is C18H18FN3O4S. The Balaban J connectivity index is 2.73. The minimum Gasteiger partial charge on any atom is -0.505 e. The van der Waals surface area contributed by atoms with Gasteiger partial charge in [0, 0.05) is 17.3 Å². The number of carbonyl (C=O) groups excluding carboxylic acids is 1. The highest BCUT2D eigenvalue weighted by Gasteiger charge is 2.21. The number of nitrogen functional groups attached to an aromatic ring is 1. The molecule has 0 radical (unpaired) electrons. The summed E-state index contributed by atoms with van der Waals surface area (Å²) in [6.45, 7) is 0. The number of rotatable bonds is 4. The number of nitrogens with zero attached hydrogens (tertiary/aromatic N) is 2. The number of phenols is 1. The van der Waals surface area contributed by atoms with Gasteiger partial charge >= 0.3 is 6.09 Å². The zero-order valence-corrected chi connectivity index (χ0v) is 15.7. The van der Waals surface area contributed by atoms with Crippen LogP contribution in [0.15, 0.2) is 46.4 Å². The van der Waals surface area contributed by atoms with E-state index in [9.17, 15) is 14.3 Å². The predicted molar refractivity (Wildman–Crippen MR) is 105 cm³/mol. The van der Waals surface area contributed by atoms with Gasteiger partial charge in [-0.3, -0.25) is 0 Å². The van der Waals surface area contributed by atoms with Crippen LogP contribution in [-0.2, 0) is 4.74 Å². The van der Waals surface area contributed by atoms with Crippen molar-refractivity contribution in [3.8, 4) is 11.5 Å². The van der Waals surface area contributed by atoms with E-state index in [4.69, 9.17) is 10.5 Å². The van der Waals surface area contributed by atoms with E-state index in [1.54, 1.807) is 30.5 Å². The van der Waals surface area contributed by atoms with Crippen molar-refractivity contribution in [1.29, 1.82) is 0 Å². The molecule has 7 nitrogen and oxygen atoms in total. The quantitative estimate of drug-likeness (QED) is 0.467. The zero-order chi connectivity index (χ0) is 20.0. The summed E-state index contributed by atoms with van der Waals surface area (Å²) in [6, 6.07) is 9.01. The second-order valence-corrected chi connectivity index (χ2v) is 5.95. The average molecular weight is 391 g/mol. The summed E-state index contributed by atoms with van der Waals surface area (Å²) >= 11 is 1.07. The van der Waals surface area contributed by atoms with E-state index in [2.05, 4.69) is 14.7 Å². The molecule has 0 atom stereocenters. The van der Waals surface area contributed by atoms with Gasteiger partial charge < -0.3 is 20.3 Å². The molecule has 0 heterocycles. The van der Waals surface area contributed by atoms with Crippen LogP contribution in [0.3, 0.4) is 0 Å². The molecule has 0 fully saturated rings. The number of nitrogens with two attached hydrogens (primary N) is 1. The number of amides is 1. The summed E-state index contributed by atoms with van der Waals surface area (Å²) in [4.78, 5) is 19.8. The molecule has 2 aromatic carbocycles. The zero-order valence-electron chi connectivity index (χ0n) is 14.9. The summed E-state index contributed by atoms with van der Waals surface area (Å²) in [5, 5.41) is 9.98. The standard InChI is InChI=1S/C18H18FN3O4S/c1-25-12-8-13(15(19)14(23)9-12)16(17(27-3)22-18(24)26-2)21-11-6-4-10(20)5-7-11/h4-9,23H,20H2,1-3H3/b21-16+,22-17-. The molecule has 0 bridgehead atoms. The Morgan fingerprint density at radius 1 is 1.22 bits per heavy atom. The molecule has 0 aromatic heterocycles. The van der Waals surface area contributed by atoms with Crippen LogP contribution in [0.5, 0.6) is 11.5 Å². The van der Waals surface area contributed by atoms with Gasteiger partial charge in [-0.15, -0.1) is 11.8 Å². The molecular weight excluding hydrogens is 373 g/mol.